The van der Waals surface area contributed by atoms with Gasteiger partial charge in [-0.25, -0.2) is 0 Å². The molecule has 0 saturated carbocycles. The number of ether oxygens (including phenoxy) is 2. The minimum Gasteiger partial charge on any atom is -0.497 e. The SMILES string of the molecule is COc1ccc(N=Cc2ccccc2OCc2ccc([N+](=O)[O-])cc2)cc1. The topological polar surface area (TPSA) is 74.0 Å². The van der Waals surface area contributed by atoms with Crippen LogP contribution in [-0.4, -0.2) is 18.2 Å². The molecule has 0 aliphatic carbocycles. The number of benzene rings is 3. The Morgan fingerprint density at radius 3 is 2.37 bits per heavy atom. The van der Waals surface area contributed by atoms with Crippen LogP contribution in [0.2, 0.25) is 0 Å². The molecule has 0 heterocycles. The number of nitro groups is 1. The normalized spacial score (nSPS) is 10.7. The molecule has 0 saturated heterocycles. The van der Waals surface area contributed by atoms with Crippen LogP contribution in [0.15, 0.2) is 77.8 Å². The zero-order chi connectivity index (χ0) is 19.1. The molecule has 0 fully saturated rings. The first-order chi connectivity index (χ1) is 13.2. The van der Waals surface area contributed by atoms with Crippen molar-refractivity contribution in [3.8, 4) is 11.5 Å². The van der Waals surface area contributed by atoms with Crippen molar-refractivity contribution < 1.29 is 14.4 Å². The van der Waals surface area contributed by atoms with E-state index in [0.717, 1.165) is 22.6 Å². The van der Waals surface area contributed by atoms with Crippen molar-refractivity contribution in [2.24, 2.45) is 4.99 Å². The van der Waals surface area contributed by atoms with Gasteiger partial charge in [-0.1, -0.05) is 12.1 Å². The summed E-state index contributed by atoms with van der Waals surface area (Å²) < 4.78 is 11.0. The fourth-order valence-electron chi connectivity index (χ4n) is 2.41. The van der Waals surface area contributed by atoms with Gasteiger partial charge in [0.1, 0.15) is 18.1 Å². The highest BCUT2D eigenvalue weighted by Gasteiger charge is 2.05. The molecule has 0 spiro atoms. The summed E-state index contributed by atoms with van der Waals surface area (Å²) >= 11 is 0. The molecule has 0 aromatic heterocycles. The number of hydrogen-bond donors (Lipinski definition) is 0. The first-order valence-electron chi connectivity index (χ1n) is 8.29. The van der Waals surface area contributed by atoms with E-state index in [2.05, 4.69) is 4.99 Å². The van der Waals surface area contributed by atoms with Crippen LogP contribution in [0.25, 0.3) is 0 Å². The molecular formula is C21H18N2O4. The second-order valence-electron chi connectivity index (χ2n) is 5.71. The lowest BCUT2D eigenvalue weighted by molar-refractivity contribution is -0.384. The van der Waals surface area contributed by atoms with Crippen LogP contribution < -0.4 is 9.47 Å². The third-order valence-corrected chi connectivity index (χ3v) is 3.89. The summed E-state index contributed by atoms with van der Waals surface area (Å²) in [6, 6.07) is 21.3. The van der Waals surface area contributed by atoms with Crippen LogP contribution >= 0.6 is 0 Å². The number of aliphatic imine (C=N–C) groups is 1. The number of hydrogen-bond acceptors (Lipinski definition) is 5. The van der Waals surface area contributed by atoms with Crippen molar-refractivity contribution in [1.29, 1.82) is 0 Å². The smallest absolute Gasteiger partial charge is 0.269 e. The Kier molecular flexibility index (Phi) is 5.79. The molecule has 136 valence electrons. The average Bonchev–Trinajstić information content (AvgIpc) is 2.72. The Labute approximate surface area is 156 Å². The maximum absolute atomic E-state index is 10.7. The molecule has 6 nitrogen and oxygen atoms in total. The summed E-state index contributed by atoms with van der Waals surface area (Å²) in [7, 11) is 1.62. The summed E-state index contributed by atoms with van der Waals surface area (Å²) in [5.74, 6) is 1.47. The second kappa shape index (κ2) is 8.62. The van der Waals surface area contributed by atoms with Gasteiger partial charge in [-0.05, 0) is 54.1 Å². The zero-order valence-electron chi connectivity index (χ0n) is 14.7. The first-order valence-corrected chi connectivity index (χ1v) is 8.29. The third-order valence-electron chi connectivity index (χ3n) is 3.89. The van der Waals surface area contributed by atoms with Gasteiger partial charge in [0.25, 0.3) is 5.69 Å². The van der Waals surface area contributed by atoms with E-state index in [4.69, 9.17) is 9.47 Å². The number of non-ortho nitro benzene ring substituents is 1. The Bertz CT molecular complexity index is 935. The molecule has 3 rings (SSSR count). The molecule has 0 unspecified atom stereocenters. The minimum absolute atomic E-state index is 0.0609. The predicted molar refractivity (Wildman–Crippen MR) is 104 cm³/mol. The van der Waals surface area contributed by atoms with E-state index in [9.17, 15) is 10.1 Å². The van der Waals surface area contributed by atoms with Gasteiger partial charge in [-0.2, -0.15) is 0 Å². The van der Waals surface area contributed by atoms with E-state index in [1.165, 1.54) is 12.1 Å². The third kappa shape index (κ3) is 4.92. The van der Waals surface area contributed by atoms with Gasteiger partial charge in [0.05, 0.1) is 17.7 Å². The Morgan fingerprint density at radius 1 is 1.00 bits per heavy atom. The summed E-state index contributed by atoms with van der Waals surface area (Å²) in [5, 5.41) is 10.7. The highest BCUT2D eigenvalue weighted by Crippen LogP contribution is 2.21. The predicted octanol–water partition coefficient (Wildman–Crippen LogP) is 4.93. The van der Waals surface area contributed by atoms with Gasteiger partial charge in [-0.3, -0.25) is 15.1 Å². The van der Waals surface area contributed by atoms with Gasteiger partial charge >= 0.3 is 0 Å². The molecule has 27 heavy (non-hydrogen) atoms. The number of nitro benzene ring substituents is 1. The molecular weight excluding hydrogens is 344 g/mol. The maximum atomic E-state index is 10.7. The number of rotatable bonds is 7. The maximum Gasteiger partial charge on any atom is 0.269 e. The molecule has 0 radical (unpaired) electrons. The fraction of sp³-hybridized carbons (Fsp3) is 0.0952. The first kappa shape index (κ1) is 18.1. The quantitative estimate of drug-likeness (QED) is 0.339. The van der Waals surface area contributed by atoms with E-state index < -0.39 is 4.92 Å². The Hall–Kier alpha value is -3.67. The molecule has 0 bridgehead atoms. The van der Waals surface area contributed by atoms with Crippen molar-refractivity contribution in [2.75, 3.05) is 7.11 Å². The van der Waals surface area contributed by atoms with Gasteiger partial charge in [-0.15, -0.1) is 0 Å². The van der Waals surface area contributed by atoms with Crippen LogP contribution in [0, 0.1) is 10.1 Å². The lowest BCUT2D eigenvalue weighted by Crippen LogP contribution is -1.98. The van der Waals surface area contributed by atoms with Crippen molar-refractivity contribution >= 4 is 17.6 Å². The van der Waals surface area contributed by atoms with E-state index in [-0.39, 0.29) is 5.69 Å². The van der Waals surface area contributed by atoms with Crippen molar-refractivity contribution in [2.45, 2.75) is 6.61 Å². The lowest BCUT2D eigenvalue weighted by atomic mass is 10.2. The van der Waals surface area contributed by atoms with Gasteiger partial charge in [0.15, 0.2) is 0 Å². The molecule has 3 aromatic rings. The van der Waals surface area contributed by atoms with E-state index in [1.807, 2.05) is 48.5 Å². The van der Waals surface area contributed by atoms with Gasteiger partial charge in [0.2, 0.25) is 0 Å². The van der Waals surface area contributed by atoms with Crippen molar-refractivity contribution in [3.05, 3.63) is 94.0 Å². The largest absolute Gasteiger partial charge is 0.497 e. The highest BCUT2D eigenvalue weighted by molar-refractivity contribution is 5.85. The molecule has 6 heteroatoms. The standard InChI is InChI=1S/C21H18N2O4/c1-26-20-12-8-18(9-13-20)22-14-17-4-2-3-5-21(17)27-15-16-6-10-19(11-7-16)23(24)25/h2-14H,15H2,1H3. The van der Waals surface area contributed by atoms with Crippen LogP contribution in [-0.2, 0) is 6.61 Å². The summed E-state index contributed by atoms with van der Waals surface area (Å²) in [4.78, 5) is 14.8. The van der Waals surface area contributed by atoms with Crippen molar-refractivity contribution in [1.82, 2.24) is 0 Å². The molecule has 0 amide bonds. The summed E-state index contributed by atoms with van der Waals surface area (Å²) in [5.41, 5.74) is 2.56. The fourth-order valence-corrected chi connectivity index (χ4v) is 2.41. The Balaban J connectivity index is 1.69. The monoisotopic (exact) mass is 362 g/mol. The zero-order valence-corrected chi connectivity index (χ0v) is 14.7. The van der Waals surface area contributed by atoms with Crippen molar-refractivity contribution in [3.63, 3.8) is 0 Å². The summed E-state index contributed by atoms with van der Waals surface area (Å²) in [6.07, 6.45) is 1.74. The van der Waals surface area contributed by atoms with Crippen LogP contribution in [0.4, 0.5) is 11.4 Å². The number of methoxy groups -OCH3 is 1. The molecule has 0 N–H and O–H groups in total. The minimum atomic E-state index is -0.421. The number of nitrogens with zero attached hydrogens (tertiary/aromatic N) is 2. The van der Waals surface area contributed by atoms with Crippen LogP contribution in [0.3, 0.4) is 0 Å². The molecule has 0 aliphatic rings. The highest BCUT2D eigenvalue weighted by atomic mass is 16.6. The average molecular weight is 362 g/mol. The lowest BCUT2D eigenvalue weighted by Gasteiger charge is -2.09. The number of para-hydroxylation sites is 1. The van der Waals surface area contributed by atoms with E-state index >= 15 is 0 Å². The molecule has 0 atom stereocenters. The van der Waals surface area contributed by atoms with Gasteiger partial charge in [0, 0.05) is 23.9 Å². The van der Waals surface area contributed by atoms with E-state index in [1.54, 1.807) is 25.5 Å². The van der Waals surface area contributed by atoms with E-state index in [0.29, 0.717) is 12.4 Å². The molecule has 0 aliphatic heterocycles. The Morgan fingerprint density at radius 2 is 1.70 bits per heavy atom. The molecule has 3 aromatic carbocycles. The summed E-state index contributed by atoms with van der Waals surface area (Å²) in [6.45, 7) is 0.311. The second-order valence-corrected chi connectivity index (χ2v) is 5.71. The van der Waals surface area contributed by atoms with Crippen LogP contribution in [0.5, 0.6) is 11.5 Å². The van der Waals surface area contributed by atoms with Gasteiger partial charge < -0.3 is 9.47 Å². The van der Waals surface area contributed by atoms with Crippen LogP contribution in [0.1, 0.15) is 11.1 Å².